The van der Waals surface area contributed by atoms with Crippen LogP contribution in [0.1, 0.15) is 16.1 Å². The predicted octanol–water partition coefficient (Wildman–Crippen LogP) is 2.41. The molecule has 1 aliphatic rings. The van der Waals surface area contributed by atoms with E-state index in [1.807, 2.05) is 11.0 Å². The SMILES string of the molecule is COCCNc1ccc(C(=O)N2CCN(c3cccc(C)c3)CC2)nc1. The molecule has 1 saturated heterocycles. The molecule has 1 aromatic heterocycles. The average molecular weight is 354 g/mol. The molecule has 0 unspecified atom stereocenters. The third-order valence-corrected chi connectivity index (χ3v) is 4.55. The van der Waals surface area contributed by atoms with Gasteiger partial charge in [0.05, 0.1) is 18.5 Å². The van der Waals surface area contributed by atoms with E-state index in [2.05, 4.69) is 46.4 Å². The predicted molar refractivity (Wildman–Crippen MR) is 104 cm³/mol. The summed E-state index contributed by atoms with van der Waals surface area (Å²) in [6.45, 7) is 6.54. The highest BCUT2D eigenvalue weighted by Gasteiger charge is 2.23. The van der Waals surface area contributed by atoms with Crippen LogP contribution in [0.15, 0.2) is 42.6 Å². The van der Waals surface area contributed by atoms with Crippen LogP contribution >= 0.6 is 0 Å². The van der Waals surface area contributed by atoms with E-state index >= 15 is 0 Å². The van der Waals surface area contributed by atoms with Crippen molar-refractivity contribution >= 4 is 17.3 Å². The van der Waals surface area contributed by atoms with Gasteiger partial charge in [-0.25, -0.2) is 4.98 Å². The molecule has 6 heteroatoms. The van der Waals surface area contributed by atoms with E-state index in [0.717, 1.165) is 18.8 Å². The van der Waals surface area contributed by atoms with E-state index in [4.69, 9.17) is 4.74 Å². The number of piperazine rings is 1. The number of carbonyl (C=O) groups excluding carboxylic acids is 1. The van der Waals surface area contributed by atoms with Crippen molar-refractivity contribution in [3.05, 3.63) is 53.9 Å². The Labute approximate surface area is 154 Å². The van der Waals surface area contributed by atoms with Gasteiger partial charge in [0.2, 0.25) is 0 Å². The zero-order chi connectivity index (χ0) is 18.4. The topological polar surface area (TPSA) is 57.7 Å². The average Bonchev–Trinajstić information content (AvgIpc) is 2.68. The molecule has 0 radical (unpaired) electrons. The lowest BCUT2D eigenvalue weighted by Gasteiger charge is -2.36. The summed E-state index contributed by atoms with van der Waals surface area (Å²) in [5, 5.41) is 3.20. The second-order valence-corrected chi connectivity index (χ2v) is 6.47. The third kappa shape index (κ3) is 4.52. The first kappa shape index (κ1) is 18.2. The summed E-state index contributed by atoms with van der Waals surface area (Å²) in [6.07, 6.45) is 1.70. The van der Waals surface area contributed by atoms with Crippen LogP contribution < -0.4 is 10.2 Å². The van der Waals surface area contributed by atoms with Crippen molar-refractivity contribution in [1.82, 2.24) is 9.88 Å². The molecule has 1 fully saturated rings. The number of aryl methyl sites for hydroxylation is 1. The monoisotopic (exact) mass is 354 g/mol. The zero-order valence-electron chi connectivity index (χ0n) is 15.4. The van der Waals surface area contributed by atoms with Gasteiger partial charge >= 0.3 is 0 Å². The molecule has 1 aromatic carbocycles. The molecule has 0 aliphatic carbocycles. The standard InChI is InChI=1S/C20H26N4O2/c1-16-4-3-5-18(14-16)23-9-11-24(12-10-23)20(25)19-7-6-17(15-22-19)21-8-13-26-2/h3-7,14-15,21H,8-13H2,1-2H3. The number of carbonyl (C=O) groups is 1. The zero-order valence-corrected chi connectivity index (χ0v) is 15.4. The number of nitrogens with one attached hydrogen (secondary N) is 1. The second kappa shape index (κ2) is 8.67. The lowest BCUT2D eigenvalue weighted by atomic mass is 10.2. The van der Waals surface area contributed by atoms with E-state index in [9.17, 15) is 4.79 Å². The van der Waals surface area contributed by atoms with Gasteiger partial charge in [0.15, 0.2) is 0 Å². The van der Waals surface area contributed by atoms with Crippen LogP contribution in [0.25, 0.3) is 0 Å². The molecule has 1 aliphatic heterocycles. The molecule has 0 atom stereocenters. The number of nitrogens with zero attached hydrogens (tertiary/aromatic N) is 3. The maximum Gasteiger partial charge on any atom is 0.272 e. The normalized spacial score (nSPS) is 14.4. The largest absolute Gasteiger partial charge is 0.383 e. The van der Waals surface area contributed by atoms with Gasteiger partial charge in [-0.1, -0.05) is 12.1 Å². The van der Waals surface area contributed by atoms with Crippen LogP contribution in [0.3, 0.4) is 0 Å². The van der Waals surface area contributed by atoms with Crippen LogP contribution in [0.2, 0.25) is 0 Å². The Morgan fingerprint density at radius 3 is 2.65 bits per heavy atom. The molecular weight excluding hydrogens is 328 g/mol. The van der Waals surface area contributed by atoms with Crippen molar-refractivity contribution in [1.29, 1.82) is 0 Å². The molecule has 1 N–H and O–H groups in total. The van der Waals surface area contributed by atoms with E-state index < -0.39 is 0 Å². The quantitative estimate of drug-likeness (QED) is 0.808. The fourth-order valence-corrected chi connectivity index (χ4v) is 3.08. The van der Waals surface area contributed by atoms with Crippen molar-refractivity contribution in [2.24, 2.45) is 0 Å². The number of amides is 1. The second-order valence-electron chi connectivity index (χ2n) is 6.47. The van der Waals surface area contributed by atoms with Crippen molar-refractivity contribution in [2.75, 3.05) is 56.7 Å². The Kier molecular flexibility index (Phi) is 6.07. The molecular formula is C20H26N4O2. The number of anilines is 2. The fraction of sp³-hybridized carbons (Fsp3) is 0.400. The summed E-state index contributed by atoms with van der Waals surface area (Å²) in [4.78, 5) is 21.2. The highest BCUT2D eigenvalue weighted by molar-refractivity contribution is 5.92. The number of rotatable bonds is 6. The fourth-order valence-electron chi connectivity index (χ4n) is 3.08. The molecule has 1 amide bonds. The smallest absolute Gasteiger partial charge is 0.272 e. The van der Waals surface area contributed by atoms with E-state index in [1.54, 1.807) is 19.4 Å². The Morgan fingerprint density at radius 1 is 1.19 bits per heavy atom. The van der Waals surface area contributed by atoms with Gasteiger partial charge in [-0.15, -0.1) is 0 Å². The first-order chi connectivity index (χ1) is 12.7. The number of ether oxygens (including phenoxy) is 1. The summed E-state index contributed by atoms with van der Waals surface area (Å²) < 4.78 is 5.00. The molecule has 3 rings (SSSR count). The van der Waals surface area contributed by atoms with Crippen molar-refractivity contribution in [2.45, 2.75) is 6.92 Å². The summed E-state index contributed by atoms with van der Waals surface area (Å²) in [7, 11) is 1.67. The Hall–Kier alpha value is -2.60. The summed E-state index contributed by atoms with van der Waals surface area (Å²) in [6, 6.07) is 12.2. The molecule has 0 bridgehead atoms. The number of benzene rings is 1. The molecule has 138 valence electrons. The summed E-state index contributed by atoms with van der Waals surface area (Å²) >= 11 is 0. The highest BCUT2D eigenvalue weighted by atomic mass is 16.5. The molecule has 0 spiro atoms. The van der Waals surface area contributed by atoms with E-state index in [1.165, 1.54) is 11.3 Å². The molecule has 6 nitrogen and oxygen atoms in total. The van der Waals surface area contributed by atoms with Crippen LogP contribution in [0, 0.1) is 6.92 Å². The minimum absolute atomic E-state index is 0.00247. The minimum Gasteiger partial charge on any atom is -0.383 e. The number of methoxy groups -OCH3 is 1. The van der Waals surface area contributed by atoms with Gasteiger partial charge in [-0.3, -0.25) is 4.79 Å². The van der Waals surface area contributed by atoms with Gasteiger partial charge in [0, 0.05) is 45.5 Å². The summed E-state index contributed by atoms with van der Waals surface area (Å²) in [5.41, 5.74) is 3.86. The van der Waals surface area contributed by atoms with E-state index in [0.29, 0.717) is 31.9 Å². The number of hydrogen-bond donors (Lipinski definition) is 1. The number of pyridine rings is 1. The van der Waals surface area contributed by atoms with Gasteiger partial charge in [0.25, 0.3) is 5.91 Å². The molecule has 2 aromatic rings. The lowest BCUT2D eigenvalue weighted by molar-refractivity contribution is 0.0741. The molecule has 26 heavy (non-hydrogen) atoms. The van der Waals surface area contributed by atoms with Crippen LogP contribution in [0.5, 0.6) is 0 Å². The first-order valence-corrected chi connectivity index (χ1v) is 8.97. The van der Waals surface area contributed by atoms with Gasteiger partial charge in [-0.05, 0) is 36.8 Å². The maximum atomic E-state index is 12.7. The van der Waals surface area contributed by atoms with Gasteiger partial charge in [-0.2, -0.15) is 0 Å². The molecule has 2 heterocycles. The first-order valence-electron chi connectivity index (χ1n) is 8.97. The Bertz CT molecular complexity index is 725. The maximum absolute atomic E-state index is 12.7. The molecule has 0 saturated carbocycles. The Morgan fingerprint density at radius 2 is 2.00 bits per heavy atom. The third-order valence-electron chi connectivity index (χ3n) is 4.55. The minimum atomic E-state index is -0.00247. The van der Waals surface area contributed by atoms with Crippen molar-refractivity contribution in [3.63, 3.8) is 0 Å². The van der Waals surface area contributed by atoms with E-state index in [-0.39, 0.29) is 5.91 Å². The number of hydrogen-bond acceptors (Lipinski definition) is 5. The Balaban J connectivity index is 1.54. The summed E-state index contributed by atoms with van der Waals surface area (Å²) in [5.74, 6) is -0.00247. The van der Waals surface area contributed by atoms with Gasteiger partial charge < -0.3 is 19.9 Å². The van der Waals surface area contributed by atoms with Gasteiger partial charge in [0.1, 0.15) is 5.69 Å². The van der Waals surface area contributed by atoms with Crippen LogP contribution in [-0.4, -0.2) is 62.2 Å². The van der Waals surface area contributed by atoms with Crippen molar-refractivity contribution < 1.29 is 9.53 Å². The van der Waals surface area contributed by atoms with Crippen LogP contribution in [0.4, 0.5) is 11.4 Å². The highest BCUT2D eigenvalue weighted by Crippen LogP contribution is 2.18. The van der Waals surface area contributed by atoms with Crippen LogP contribution in [-0.2, 0) is 4.74 Å². The number of aromatic nitrogens is 1. The lowest BCUT2D eigenvalue weighted by Crippen LogP contribution is -2.49. The van der Waals surface area contributed by atoms with Crippen molar-refractivity contribution in [3.8, 4) is 0 Å².